The molecule has 0 saturated heterocycles. The van der Waals surface area contributed by atoms with E-state index < -0.39 is 0 Å². The maximum absolute atomic E-state index is 11.9. The second-order valence-electron chi connectivity index (χ2n) is 4.18. The molecule has 0 bridgehead atoms. The predicted molar refractivity (Wildman–Crippen MR) is 71.8 cm³/mol. The van der Waals surface area contributed by atoms with Crippen molar-refractivity contribution in [1.82, 2.24) is 15.8 Å². The van der Waals surface area contributed by atoms with Crippen LogP contribution in [0.25, 0.3) is 0 Å². The molecule has 0 aliphatic carbocycles. The van der Waals surface area contributed by atoms with E-state index >= 15 is 0 Å². The van der Waals surface area contributed by atoms with Crippen molar-refractivity contribution in [3.8, 4) is 0 Å². The Morgan fingerprint density at radius 3 is 2.94 bits per heavy atom. The quantitative estimate of drug-likeness (QED) is 0.815. The van der Waals surface area contributed by atoms with Crippen molar-refractivity contribution in [1.29, 1.82) is 0 Å². The number of carbonyl (C=O) groups is 1. The number of halogens is 1. The van der Waals surface area contributed by atoms with Gasteiger partial charge in [-0.15, -0.1) is 0 Å². The first kappa shape index (κ1) is 12.9. The van der Waals surface area contributed by atoms with Gasteiger partial charge in [0.1, 0.15) is 0 Å². The maximum Gasteiger partial charge on any atom is 0.248 e. The van der Waals surface area contributed by atoms with Crippen molar-refractivity contribution < 1.29 is 4.79 Å². The molecule has 0 spiro atoms. The summed E-state index contributed by atoms with van der Waals surface area (Å²) < 4.78 is 0. The van der Waals surface area contributed by atoms with Gasteiger partial charge in [-0.25, -0.2) is 5.43 Å². The van der Waals surface area contributed by atoms with Gasteiger partial charge < -0.3 is 10.3 Å². The third-order valence-corrected chi connectivity index (χ3v) is 3.04. The average molecular weight is 266 g/mol. The summed E-state index contributed by atoms with van der Waals surface area (Å²) in [6, 6.07) is 7.60. The topological polar surface area (TPSA) is 44.4 Å². The SMILES string of the molecule is CNNC1=CC(=O)N(Cc2cccc(Cl)c2)CC1. The van der Waals surface area contributed by atoms with Crippen molar-refractivity contribution in [2.45, 2.75) is 13.0 Å². The number of hydrogen-bond donors (Lipinski definition) is 2. The Kier molecular flexibility index (Phi) is 4.23. The van der Waals surface area contributed by atoms with Crippen LogP contribution in [0, 0.1) is 0 Å². The number of carbonyl (C=O) groups excluding carboxylic acids is 1. The van der Waals surface area contributed by atoms with Crippen LogP contribution in [0.1, 0.15) is 12.0 Å². The van der Waals surface area contributed by atoms with Crippen LogP contribution in [0.2, 0.25) is 5.02 Å². The molecule has 4 nitrogen and oxygen atoms in total. The summed E-state index contributed by atoms with van der Waals surface area (Å²) in [7, 11) is 1.78. The third-order valence-electron chi connectivity index (χ3n) is 2.81. The highest BCUT2D eigenvalue weighted by Crippen LogP contribution is 2.16. The summed E-state index contributed by atoms with van der Waals surface area (Å²) in [5.74, 6) is 0.0268. The Balaban J connectivity index is 2.02. The van der Waals surface area contributed by atoms with E-state index in [2.05, 4.69) is 10.9 Å². The lowest BCUT2D eigenvalue weighted by atomic mass is 10.1. The molecule has 2 rings (SSSR count). The highest BCUT2D eigenvalue weighted by atomic mass is 35.5. The van der Waals surface area contributed by atoms with Crippen LogP contribution in [0.3, 0.4) is 0 Å². The molecule has 0 atom stereocenters. The minimum absolute atomic E-state index is 0.0268. The lowest BCUT2D eigenvalue weighted by Crippen LogP contribution is -2.38. The largest absolute Gasteiger partial charge is 0.334 e. The molecule has 1 aliphatic heterocycles. The minimum Gasteiger partial charge on any atom is -0.334 e. The molecule has 96 valence electrons. The summed E-state index contributed by atoms with van der Waals surface area (Å²) in [5, 5.41) is 0.699. The van der Waals surface area contributed by atoms with Gasteiger partial charge in [0.2, 0.25) is 5.91 Å². The molecular formula is C13H16ClN3O. The second kappa shape index (κ2) is 5.89. The standard InChI is InChI=1S/C13H16ClN3O/c1-15-16-12-5-6-17(13(18)8-12)9-10-3-2-4-11(14)7-10/h2-4,7-8,15-16H,5-6,9H2,1H3. The lowest BCUT2D eigenvalue weighted by Gasteiger charge is -2.26. The molecule has 0 radical (unpaired) electrons. The van der Waals surface area contributed by atoms with E-state index in [1.165, 1.54) is 0 Å². The van der Waals surface area contributed by atoms with Crippen LogP contribution >= 0.6 is 11.6 Å². The van der Waals surface area contributed by atoms with Crippen molar-refractivity contribution in [2.75, 3.05) is 13.6 Å². The molecule has 18 heavy (non-hydrogen) atoms. The number of hydrazine groups is 1. The van der Waals surface area contributed by atoms with Gasteiger partial charge in [0.05, 0.1) is 0 Å². The first-order valence-electron chi connectivity index (χ1n) is 5.85. The van der Waals surface area contributed by atoms with Crippen LogP contribution in [0.15, 0.2) is 36.0 Å². The van der Waals surface area contributed by atoms with E-state index in [1.54, 1.807) is 13.1 Å². The van der Waals surface area contributed by atoms with Crippen molar-refractivity contribution >= 4 is 17.5 Å². The van der Waals surface area contributed by atoms with Gasteiger partial charge in [0, 0.05) is 43.4 Å². The molecule has 2 N–H and O–H groups in total. The van der Waals surface area contributed by atoms with Gasteiger partial charge in [-0.2, -0.15) is 0 Å². The average Bonchev–Trinajstić information content (AvgIpc) is 2.33. The van der Waals surface area contributed by atoms with Gasteiger partial charge in [-0.05, 0) is 17.7 Å². The second-order valence-corrected chi connectivity index (χ2v) is 4.62. The molecule has 1 heterocycles. The summed E-state index contributed by atoms with van der Waals surface area (Å²) in [5.41, 5.74) is 7.75. The van der Waals surface area contributed by atoms with E-state index in [0.717, 1.165) is 17.7 Å². The molecule has 1 aromatic rings. The fourth-order valence-electron chi connectivity index (χ4n) is 1.95. The Labute approximate surface area is 112 Å². The van der Waals surface area contributed by atoms with Gasteiger partial charge >= 0.3 is 0 Å². The Morgan fingerprint density at radius 2 is 2.28 bits per heavy atom. The van der Waals surface area contributed by atoms with Crippen LogP contribution in [0.4, 0.5) is 0 Å². The Bertz CT molecular complexity index is 473. The number of rotatable bonds is 4. The normalized spacial score (nSPS) is 15.6. The Morgan fingerprint density at radius 1 is 1.44 bits per heavy atom. The summed E-state index contributed by atoms with van der Waals surface area (Å²) in [6.45, 7) is 1.31. The van der Waals surface area contributed by atoms with Crippen LogP contribution in [-0.4, -0.2) is 24.4 Å². The van der Waals surface area contributed by atoms with Crippen molar-refractivity contribution in [2.24, 2.45) is 0 Å². The fourth-order valence-corrected chi connectivity index (χ4v) is 2.16. The zero-order chi connectivity index (χ0) is 13.0. The molecule has 1 aliphatic rings. The zero-order valence-electron chi connectivity index (χ0n) is 10.2. The molecule has 0 fully saturated rings. The molecule has 5 heteroatoms. The van der Waals surface area contributed by atoms with E-state index in [4.69, 9.17) is 11.6 Å². The highest BCUT2D eigenvalue weighted by molar-refractivity contribution is 6.30. The zero-order valence-corrected chi connectivity index (χ0v) is 11.0. The van der Waals surface area contributed by atoms with Crippen LogP contribution in [0.5, 0.6) is 0 Å². The molecule has 1 aromatic carbocycles. The van der Waals surface area contributed by atoms with E-state index in [-0.39, 0.29) is 5.91 Å². The molecule has 0 unspecified atom stereocenters. The number of hydrogen-bond acceptors (Lipinski definition) is 3. The first-order chi connectivity index (χ1) is 8.69. The minimum atomic E-state index is 0.0268. The number of benzene rings is 1. The van der Waals surface area contributed by atoms with E-state index in [0.29, 0.717) is 18.1 Å². The first-order valence-corrected chi connectivity index (χ1v) is 6.23. The van der Waals surface area contributed by atoms with Gasteiger partial charge in [-0.1, -0.05) is 23.7 Å². The van der Waals surface area contributed by atoms with Crippen molar-refractivity contribution in [3.63, 3.8) is 0 Å². The van der Waals surface area contributed by atoms with E-state index in [9.17, 15) is 4.79 Å². The summed E-state index contributed by atoms with van der Waals surface area (Å²) in [6.07, 6.45) is 2.46. The summed E-state index contributed by atoms with van der Waals surface area (Å²) in [4.78, 5) is 13.7. The molecule has 0 saturated carbocycles. The lowest BCUT2D eigenvalue weighted by molar-refractivity contribution is -0.127. The number of nitrogens with zero attached hydrogens (tertiary/aromatic N) is 1. The van der Waals surface area contributed by atoms with Gasteiger partial charge in [-0.3, -0.25) is 4.79 Å². The predicted octanol–water partition coefficient (Wildman–Crippen LogP) is 1.68. The molecule has 0 aromatic heterocycles. The third kappa shape index (κ3) is 3.24. The fraction of sp³-hybridized carbons (Fsp3) is 0.308. The molecular weight excluding hydrogens is 250 g/mol. The van der Waals surface area contributed by atoms with Crippen molar-refractivity contribution in [3.05, 3.63) is 46.6 Å². The van der Waals surface area contributed by atoms with Gasteiger partial charge in [0.15, 0.2) is 0 Å². The van der Waals surface area contributed by atoms with Gasteiger partial charge in [0.25, 0.3) is 0 Å². The molecule has 1 amide bonds. The number of amides is 1. The smallest absolute Gasteiger partial charge is 0.248 e. The Hall–Kier alpha value is -1.52. The number of nitrogens with one attached hydrogen (secondary N) is 2. The monoisotopic (exact) mass is 265 g/mol. The van der Waals surface area contributed by atoms with E-state index in [1.807, 2.05) is 29.2 Å². The van der Waals surface area contributed by atoms with Crippen LogP contribution in [-0.2, 0) is 11.3 Å². The maximum atomic E-state index is 11.9. The highest BCUT2D eigenvalue weighted by Gasteiger charge is 2.18. The summed E-state index contributed by atoms with van der Waals surface area (Å²) >= 11 is 5.93. The van der Waals surface area contributed by atoms with Crippen LogP contribution < -0.4 is 10.9 Å².